The Bertz CT molecular complexity index is 1390. The van der Waals surface area contributed by atoms with Crippen molar-refractivity contribution >= 4 is 11.0 Å². The number of para-hydroxylation sites is 1. The van der Waals surface area contributed by atoms with Gasteiger partial charge in [0.05, 0.1) is 5.69 Å². The van der Waals surface area contributed by atoms with Gasteiger partial charge in [-0.3, -0.25) is 0 Å². The quantitative estimate of drug-likeness (QED) is 0.250. The fourth-order valence-electron chi connectivity index (χ4n) is 5.91. The van der Waals surface area contributed by atoms with Crippen molar-refractivity contribution in [2.45, 2.75) is 64.3 Å². The first kappa shape index (κ1) is 24.0. The number of hydrogen-bond donors (Lipinski definition) is 3. The van der Waals surface area contributed by atoms with E-state index in [0.717, 1.165) is 23.3 Å². The molecule has 2 fully saturated rings. The zero-order valence-electron chi connectivity index (χ0n) is 21.7. The molecule has 37 heavy (non-hydrogen) atoms. The van der Waals surface area contributed by atoms with E-state index in [2.05, 4.69) is 52.5 Å². The van der Waals surface area contributed by atoms with Crippen LogP contribution in [0, 0.1) is 11.3 Å². The topological polar surface area (TPSA) is 109 Å². The van der Waals surface area contributed by atoms with Crippen LogP contribution >= 0.6 is 0 Å². The van der Waals surface area contributed by atoms with Gasteiger partial charge >= 0.3 is 0 Å². The van der Waals surface area contributed by atoms with Gasteiger partial charge in [-0.2, -0.15) is 0 Å². The average Bonchev–Trinajstić information content (AvgIpc) is 3.49. The molecule has 3 aromatic heterocycles. The molecule has 2 aliphatic carbocycles. The highest BCUT2D eigenvalue weighted by Crippen LogP contribution is 2.61. The van der Waals surface area contributed by atoms with Crippen LogP contribution in [0.1, 0.15) is 69.7 Å². The molecule has 4 aromatic rings. The fourth-order valence-corrected chi connectivity index (χ4v) is 5.91. The predicted octanol–water partition coefficient (Wildman–Crippen LogP) is 5.77. The van der Waals surface area contributed by atoms with Crippen molar-refractivity contribution in [1.29, 1.82) is 0 Å². The van der Waals surface area contributed by atoms with Gasteiger partial charge in [0.25, 0.3) is 5.88 Å². The molecule has 2 atom stereocenters. The molecule has 194 valence electrons. The third kappa shape index (κ3) is 4.48. The van der Waals surface area contributed by atoms with E-state index in [-0.39, 0.29) is 5.75 Å². The molecule has 3 N–H and O–H groups in total. The Kier molecular flexibility index (Phi) is 6.15. The number of rotatable bonds is 9. The smallest absolute Gasteiger partial charge is 0.254 e. The van der Waals surface area contributed by atoms with Gasteiger partial charge in [0.1, 0.15) is 18.1 Å². The molecule has 8 nitrogen and oxygen atoms in total. The summed E-state index contributed by atoms with van der Waals surface area (Å²) in [7, 11) is 0. The maximum atomic E-state index is 10.2. The Balaban J connectivity index is 1.01. The summed E-state index contributed by atoms with van der Waals surface area (Å²) in [4.78, 5) is 3.49. The van der Waals surface area contributed by atoms with Crippen molar-refractivity contribution in [1.82, 2.24) is 25.7 Å². The van der Waals surface area contributed by atoms with E-state index in [9.17, 15) is 5.11 Å². The van der Waals surface area contributed by atoms with Crippen LogP contribution in [0.15, 0.2) is 47.0 Å². The number of hydrogen-bond acceptors (Lipinski definition) is 7. The van der Waals surface area contributed by atoms with E-state index in [1.54, 1.807) is 6.07 Å². The maximum absolute atomic E-state index is 10.2. The van der Waals surface area contributed by atoms with Crippen LogP contribution in [-0.2, 0) is 0 Å². The molecular formula is C29H35N5O3. The zero-order chi connectivity index (χ0) is 25.6. The van der Waals surface area contributed by atoms with Crippen LogP contribution in [0.2, 0.25) is 0 Å². The van der Waals surface area contributed by atoms with Gasteiger partial charge in [-0.1, -0.05) is 32.9 Å². The van der Waals surface area contributed by atoms with Crippen LogP contribution in [0.5, 0.6) is 11.6 Å². The van der Waals surface area contributed by atoms with E-state index in [0.29, 0.717) is 53.0 Å². The van der Waals surface area contributed by atoms with Gasteiger partial charge in [-0.05, 0) is 66.4 Å². The molecule has 0 aliphatic heterocycles. The van der Waals surface area contributed by atoms with Gasteiger partial charge in [0, 0.05) is 47.1 Å². The molecule has 8 heteroatoms. The number of H-pyrrole nitrogens is 1. The van der Waals surface area contributed by atoms with E-state index < -0.39 is 0 Å². The SMILES string of the molecule is CC(C)[C@@H](C)c1cc(OCCN[C@@H]2CCC23CC(c2cc4cc(-c5ccccc5O)nnc4[nH]2)C3)no1. The molecule has 1 spiro atoms. The Labute approximate surface area is 216 Å². The van der Waals surface area contributed by atoms with Crippen molar-refractivity contribution in [2.75, 3.05) is 13.2 Å². The first-order chi connectivity index (χ1) is 17.9. The number of aromatic nitrogens is 4. The molecule has 0 amide bonds. The van der Waals surface area contributed by atoms with E-state index >= 15 is 0 Å². The number of nitrogens with one attached hydrogen (secondary N) is 2. The standard InChI is InChI=1S/C29H35N5O3/c1-17(2)18(3)25-14-27(34-37-25)36-11-10-30-26-8-9-29(26)15-20(16-29)22-12-19-13-23(32-33-28(19)31-22)21-6-4-5-7-24(21)35/h4-7,12-14,17-18,20,26,30,35H,8-11,15-16H2,1-3H3,(H,31,33)/t18-,20?,26-,29?/m1/s1. The Morgan fingerprint density at radius 2 is 2.00 bits per heavy atom. The maximum Gasteiger partial charge on any atom is 0.254 e. The summed E-state index contributed by atoms with van der Waals surface area (Å²) in [5.41, 5.74) is 3.81. The highest BCUT2D eigenvalue weighted by molar-refractivity contribution is 5.81. The number of fused-ring (bicyclic) bond motifs is 1. The lowest BCUT2D eigenvalue weighted by molar-refractivity contribution is -0.0369. The van der Waals surface area contributed by atoms with Gasteiger partial charge in [0.15, 0.2) is 5.65 Å². The molecule has 0 saturated heterocycles. The molecule has 0 unspecified atom stereocenters. The van der Waals surface area contributed by atoms with Crippen LogP contribution < -0.4 is 10.1 Å². The van der Waals surface area contributed by atoms with Crippen molar-refractivity contribution in [3.63, 3.8) is 0 Å². The lowest BCUT2D eigenvalue weighted by Gasteiger charge is -2.59. The number of aromatic hydroxyl groups is 1. The monoisotopic (exact) mass is 501 g/mol. The van der Waals surface area contributed by atoms with Crippen molar-refractivity contribution in [3.8, 4) is 22.9 Å². The van der Waals surface area contributed by atoms with Crippen LogP contribution in [0.25, 0.3) is 22.3 Å². The van der Waals surface area contributed by atoms with Crippen LogP contribution in [0.3, 0.4) is 0 Å². The summed E-state index contributed by atoms with van der Waals surface area (Å²) in [6.45, 7) is 7.89. The molecule has 2 aliphatic rings. The number of benzene rings is 1. The summed E-state index contributed by atoms with van der Waals surface area (Å²) in [6.07, 6.45) is 4.85. The van der Waals surface area contributed by atoms with Gasteiger partial charge in [0.2, 0.25) is 0 Å². The molecule has 6 rings (SSSR count). The lowest BCUT2D eigenvalue weighted by atomic mass is 9.48. The lowest BCUT2D eigenvalue weighted by Crippen LogP contribution is -2.59. The second kappa shape index (κ2) is 9.49. The third-order valence-corrected chi connectivity index (χ3v) is 8.69. The van der Waals surface area contributed by atoms with E-state index in [4.69, 9.17) is 9.26 Å². The Hall–Kier alpha value is -3.39. The highest BCUT2D eigenvalue weighted by atomic mass is 16.5. The summed E-state index contributed by atoms with van der Waals surface area (Å²) in [5.74, 6) is 3.01. The minimum atomic E-state index is 0.216. The van der Waals surface area contributed by atoms with E-state index in [1.165, 1.54) is 31.4 Å². The summed E-state index contributed by atoms with van der Waals surface area (Å²) in [5, 5.41) is 27.7. The molecular weight excluding hydrogens is 466 g/mol. The molecule has 1 aromatic carbocycles. The third-order valence-electron chi connectivity index (χ3n) is 8.69. The summed E-state index contributed by atoms with van der Waals surface area (Å²) >= 11 is 0. The minimum Gasteiger partial charge on any atom is -0.507 e. The second-order valence-corrected chi connectivity index (χ2v) is 11.2. The number of phenolic OH excluding ortho intramolecular Hbond substituents is 1. The second-order valence-electron chi connectivity index (χ2n) is 11.2. The Morgan fingerprint density at radius 3 is 2.76 bits per heavy atom. The van der Waals surface area contributed by atoms with Gasteiger partial charge in [-0.15, -0.1) is 10.2 Å². The zero-order valence-corrected chi connectivity index (χ0v) is 21.7. The first-order valence-corrected chi connectivity index (χ1v) is 13.4. The minimum absolute atomic E-state index is 0.216. The van der Waals surface area contributed by atoms with Crippen molar-refractivity contribution < 1.29 is 14.4 Å². The average molecular weight is 502 g/mol. The first-order valence-electron chi connectivity index (χ1n) is 13.4. The summed E-state index contributed by atoms with van der Waals surface area (Å²) < 4.78 is 11.3. The molecule has 2 saturated carbocycles. The van der Waals surface area contributed by atoms with Gasteiger partial charge < -0.3 is 24.7 Å². The van der Waals surface area contributed by atoms with Crippen LogP contribution in [0.4, 0.5) is 0 Å². The molecule has 0 radical (unpaired) electrons. The Morgan fingerprint density at radius 1 is 1.16 bits per heavy atom. The number of nitrogens with zero attached hydrogens (tertiary/aromatic N) is 3. The highest BCUT2D eigenvalue weighted by Gasteiger charge is 2.55. The van der Waals surface area contributed by atoms with E-state index in [1.807, 2.05) is 30.3 Å². The normalized spacial score (nSPS) is 23.8. The number of aromatic amines is 1. The number of phenols is 1. The van der Waals surface area contributed by atoms with Crippen molar-refractivity contribution in [3.05, 3.63) is 53.9 Å². The fraction of sp³-hybridized carbons (Fsp3) is 0.483. The van der Waals surface area contributed by atoms with Gasteiger partial charge in [-0.25, -0.2) is 0 Å². The largest absolute Gasteiger partial charge is 0.507 e. The van der Waals surface area contributed by atoms with Crippen LogP contribution in [-0.4, -0.2) is 44.6 Å². The molecule has 0 bridgehead atoms. The summed E-state index contributed by atoms with van der Waals surface area (Å²) in [6, 6.07) is 13.9. The number of ether oxygens (including phenoxy) is 1. The van der Waals surface area contributed by atoms with Crippen molar-refractivity contribution in [2.24, 2.45) is 11.3 Å². The predicted molar refractivity (Wildman–Crippen MR) is 142 cm³/mol. The molecule has 3 heterocycles.